The Labute approximate surface area is 236 Å². The van der Waals surface area contributed by atoms with Crippen LogP contribution in [0.3, 0.4) is 0 Å². The van der Waals surface area contributed by atoms with Crippen molar-refractivity contribution in [2.45, 2.75) is 20.8 Å². The number of fused-ring (bicyclic) bond motifs is 3. The number of benzene rings is 7. The fourth-order valence-electron chi connectivity index (χ4n) is 7.44. The first-order valence-electron chi connectivity index (χ1n) is 14.2. The van der Waals surface area contributed by atoms with E-state index in [-0.39, 0.29) is 6.71 Å². The first-order valence-corrected chi connectivity index (χ1v) is 14.2. The quantitative estimate of drug-likeness (QED) is 0.167. The molecule has 0 aliphatic carbocycles. The summed E-state index contributed by atoms with van der Waals surface area (Å²) in [5.41, 5.74) is 13.5. The summed E-state index contributed by atoms with van der Waals surface area (Å²) in [4.78, 5) is 0. The first kappa shape index (κ1) is 23.3. The fourth-order valence-corrected chi connectivity index (χ4v) is 7.44. The van der Waals surface area contributed by atoms with Crippen molar-refractivity contribution in [1.29, 1.82) is 0 Å². The van der Waals surface area contributed by atoms with Gasteiger partial charge in [0.25, 0.3) is 0 Å². The van der Waals surface area contributed by atoms with Crippen molar-refractivity contribution in [2.75, 3.05) is 0 Å². The first-order chi connectivity index (χ1) is 19.6. The normalized spacial score (nSPS) is 12.3. The number of hydrogen-bond donors (Lipinski definition) is 0. The molecule has 0 saturated heterocycles. The van der Waals surface area contributed by atoms with Crippen LogP contribution < -0.4 is 16.4 Å². The highest BCUT2D eigenvalue weighted by Gasteiger charge is 2.36. The Kier molecular flexibility index (Phi) is 5.06. The van der Waals surface area contributed by atoms with Gasteiger partial charge in [-0.2, -0.15) is 0 Å². The second-order valence-electron chi connectivity index (χ2n) is 11.5. The lowest BCUT2D eigenvalue weighted by Gasteiger charge is -2.19. The Bertz CT molecular complexity index is 1970. The van der Waals surface area contributed by atoms with Gasteiger partial charge in [-0.3, -0.25) is 0 Å². The van der Waals surface area contributed by atoms with Crippen LogP contribution in [0.25, 0.3) is 54.6 Å². The molecule has 0 saturated carbocycles. The van der Waals surface area contributed by atoms with Gasteiger partial charge in [-0.15, -0.1) is 0 Å². The lowest BCUT2D eigenvalue weighted by atomic mass is 9.37. The van der Waals surface area contributed by atoms with Crippen LogP contribution in [0.2, 0.25) is 0 Å². The van der Waals surface area contributed by atoms with Crippen LogP contribution in [-0.4, -0.2) is 6.71 Å². The predicted octanol–water partition coefficient (Wildman–Crippen LogP) is 8.24. The summed E-state index contributed by atoms with van der Waals surface area (Å²) < 4.78 is 0. The topological polar surface area (TPSA) is 0 Å². The molecule has 1 aliphatic heterocycles. The molecule has 0 atom stereocenters. The number of rotatable bonds is 3. The maximum absolute atomic E-state index is 2.48. The molecular formula is C39H29B. The average molecular weight is 508 g/mol. The molecule has 0 radical (unpaired) electrons. The zero-order chi connectivity index (χ0) is 27.0. The van der Waals surface area contributed by atoms with Gasteiger partial charge in [-0.05, 0) is 87.5 Å². The minimum absolute atomic E-state index is 0.185. The molecular weight excluding hydrogens is 479 g/mol. The van der Waals surface area contributed by atoms with Gasteiger partial charge < -0.3 is 0 Å². The second-order valence-corrected chi connectivity index (χ2v) is 11.5. The van der Waals surface area contributed by atoms with E-state index in [9.17, 15) is 0 Å². The molecule has 40 heavy (non-hydrogen) atoms. The number of aryl methyl sites for hydroxylation is 3. The Morgan fingerprint density at radius 3 is 1.27 bits per heavy atom. The molecule has 0 aromatic heterocycles. The molecule has 0 amide bonds. The molecule has 0 unspecified atom stereocenters. The van der Waals surface area contributed by atoms with E-state index in [0.717, 1.165) is 0 Å². The standard InChI is InChI=1S/C39H29B/c1-24-18-25(2)39(26(3)19-24)40-35-22-29(27-12-6-4-7-13-27)20-33-31-16-10-11-17-32(31)34-21-30(28-14-8-5-9-15-28)23-36(40)38(34)37(33)35/h4-23H,1-3H3. The monoisotopic (exact) mass is 508 g/mol. The minimum Gasteiger partial charge on any atom is -0.0629 e. The van der Waals surface area contributed by atoms with Crippen LogP contribution in [0.4, 0.5) is 0 Å². The van der Waals surface area contributed by atoms with E-state index >= 15 is 0 Å². The summed E-state index contributed by atoms with van der Waals surface area (Å²) in [6.07, 6.45) is 0. The van der Waals surface area contributed by atoms with E-state index in [1.54, 1.807) is 0 Å². The summed E-state index contributed by atoms with van der Waals surface area (Å²) in [6.45, 7) is 6.99. The molecule has 188 valence electrons. The summed E-state index contributed by atoms with van der Waals surface area (Å²) in [7, 11) is 0. The fraction of sp³-hybridized carbons (Fsp3) is 0.0769. The zero-order valence-corrected chi connectivity index (χ0v) is 23.1. The molecule has 7 aromatic rings. The predicted molar refractivity (Wildman–Crippen MR) is 175 cm³/mol. The average Bonchev–Trinajstić information content (AvgIpc) is 3.30. The van der Waals surface area contributed by atoms with Crippen LogP contribution in [0.5, 0.6) is 0 Å². The summed E-state index contributed by atoms with van der Waals surface area (Å²) in [5, 5.41) is 8.23. The van der Waals surface area contributed by atoms with E-state index in [1.165, 1.54) is 87.6 Å². The molecule has 0 spiro atoms. The van der Waals surface area contributed by atoms with Crippen LogP contribution in [0, 0.1) is 20.8 Å². The zero-order valence-electron chi connectivity index (χ0n) is 23.1. The molecule has 0 bridgehead atoms. The number of hydrogen-bond acceptors (Lipinski definition) is 0. The van der Waals surface area contributed by atoms with Gasteiger partial charge in [0.2, 0.25) is 6.71 Å². The van der Waals surface area contributed by atoms with Crippen LogP contribution in [0.1, 0.15) is 16.7 Å². The van der Waals surface area contributed by atoms with E-state index in [4.69, 9.17) is 0 Å². The van der Waals surface area contributed by atoms with Crippen molar-refractivity contribution in [3.8, 4) is 22.3 Å². The van der Waals surface area contributed by atoms with E-state index in [2.05, 4.69) is 142 Å². The Morgan fingerprint density at radius 1 is 0.400 bits per heavy atom. The SMILES string of the molecule is Cc1cc(C)c(B2c3cc(-c4ccccc4)cc4c5ccccc5c5cc(-c6ccccc6)cc2c5c34)c(C)c1. The Balaban J connectivity index is 1.58. The maximum Gasteiger partial charge on any atom is 0.243 e. The Hall–Kier alpha value is -4.62. The summed E-state index contributed by atoms with van der Waals surface area (Å²) in [5.74, 6) is 0. The second kappa shape index (κ2) is 8.70. The molecule has 0 fully saturated rings. The largest absolute Gasteiger partial charge is 0.243 e. The molecule has 1 heteroatoms. The van der Waals surface area contributed by atoms with Gasteiger partial charge in [-0.1, -0.05) is 142 Å². The van der Waals surface area contributed by atoms with Gasteiger partial charge in [-0.25, -0.2) is 0 Å². The van der Waals surface area contributed by atoms with Crippen molar-refractivity contribution in [3.05, 3.63) is 138 Å². The third-order valence-electron chi connectivity index (χ3n) is 8.96. The molecule has 8 rings (SSSR count). The van der Waals surface area contributed by atoms with Gasteiger partial charge >= 0.3 is 0 Å². The lowest BCUT2D eigenvalue weighted by molar-refractivity contribution is 1.35. The Morgan fingerprint density at radius 2 is 0.825 bits per heavy atom. The van der Waals surface area contributed by atoms with Crippen molar-refractivity contribution in [3.63, 3.8) is 0 Å². The third kappa shape index (κ3) is 3.34. The highest BCUT2D eigenvalue weighted by atomic mass is 14.2. The minimum atomic E-state index is 0.185. The van der Waals surface area contributed by atoms with Gasteiger partial charge in [0.05, 0.1) is 0 Å². The van der Waals surface area contributed by atoms with Crippen LogP contribution in [-0.2, 0) is 0 Å². The van der Waals surface area contributed by atoms with E-state index < -0.39 is 0 Å². The molecule has 1 heterocycles. The van der Waals surface area contributed by atoms with Crippen molar-refractivity contribution < 1.29 is 0 Å². The van der Waals surface area contributed by atoms with E-state index in [0.29, 0.717) is 0 Å². The summed E-state index contributed by atoms with van der Waals surface area (Å²) in [6, 6.07) is 45.3. The molecule has 7 aromatic carbocycles. The lowest BCUT2D eigenvalue weighted by Crippen LogP contribution is -2.51. The van der Waals surface area contributed by atoms with E-state index in [1.807, 2.05) is 0 Å². The van der Waals surface area contributed by atoms with Crippen LogP contribution in [0.15, 0.2) is 121 Å². The maximum atomic E-state index is 2.48. The highest BCUT2D eigenvalue weighted by molar-refractivity contribution is 7.01. The highest BCUT2D eigenvalue weighted by Crippen LogP contribution is 2.40. The van der Waals surface area contributed by atoms with Crippen LogP contribution >= 0.6 is 0 Å². The van der Waals surface area contributed by atoms with Crippen molar-refractivity contribution >= 4 is 55.4 Å². The third-order valence-corrected chi connectivity index (χ3v) is 8.96. The van der Waals surface area contributed by atoms with Gasteiger partial charge in [0, 0.05) is 0 Å². The summed E-state index contributed by atoms with van der Waals surface area (Å²) >= 11 is 0. The smallest absolute Gasteiger partial charge is 0.0629 e. The van der Waals surface area contributed by atoms with Crippen molar-refractivity contribution in [2.24, 2.45) is 0 Å². The van der Waals surface area contributed by atoms with Gasteiger partial charge in [0.15, 0.2) is 0 Å². The van der Waals surface area contributed by atoms with Crippen molar-refractivity contribution in [1.82, 2.24) is 0 Å². The molecule has 0 nitrogen and oxygen atoms in total. The molecule has 1 aliphatic rings. The molecule has 0 N–H and O–H groups in total. The van der Waals surface area contributed by atoms with Gasteiger partial charge in [0.1, 0.15) is 0 Å².